The fourth-order valence-corrected chi connectivity index (χ4v) is 3.76. The molecule has 2 atom stereocenters. The van der Waals surface area contributed by atoms with Crippen LogP contribution >= 0.6 is 0 Å². The molecule has 29 heavy (non-hydrogen) atoms. The average molecular weight is 398 g/mol. The molecule has 1 heterocycles. The number of phenols is 1. The zero-order valence-electron chi connectivity index (χ0n) is 17.4. The number of phenolic OH excluding ortho intramolecular Hbond substituents is 1. The number of benzene rings is 2. The van der Waals surface area contributed by atoms with Crippen molar-refractivity contribution in [2.75, 3.05) is 6.54 Å². The van der Waals surface area contributed by atoms with Crippen LogP contribution in [0, 0.1) is 12.7 Å². The van der Waals surface area contributed by atoms with Crippen LogP contribution in [0.25, 0.3) is 0 Å². The zero-order valence-corrected chi connectivity index (χ0v) is 17.4. The van der Waals surface area contributed by atoms with E-state index >= 15 is 0 Å². The Hall–Kier alpha value is -2.89. The van der Waals surface area contributed by atoms with Gasteiger partial charge in [0, 0.05) is 17.6 Å². The summed E-state index contributed by atoms with van der Waals surface area (Å²) in [5, 5.41) is 13.0. The van der Waals surface area contributed by atoms with Crippen molar-refractivity contribution in [2.45, 2.75) is 52.1 Å². The van der Waals surface area contributed by atoms with Crippen LogP contribution in [-0.2, 0) is 4.79 Å². The molecule has 1 aliphatic heterocycles. The highest BCUT2D eigenvalue weighted by Crippen LogP contribution is 2.40. The van der Waals surface area contributed by atoms with E-state index in [9.17, 15) is 19.1 Å². The van der Waals surface area contributed by atoms with E-state index in [2.05, 4.69) is 5.32 Å². The van der Waals surface area contributed by atoms with Gasteiger partial charge in [-0.1, -0.05) is 25.1 Å². The summed E-state index contributed by atoms with van der Waals surface area (Å²) in [5.41, 5.74) is 1.87. The molecule has 2 unspecified atom stereocenters. The Morgan fingerprint density at radius 2 is 1.83 bits per heavy atom. The Bertz CT molecular complexity index is 948. The van der Waals surface area contributed by atoms with Crippen LogP contribution in [0.15, 0.2) is 36.4 Å². The van der Waals surface area contributed by atoms with E-state index in [0.29, 0.717) is 23.2 Å². The van der Waals surface area contributed by atoms with Crippen LogP contribution in [0.2, 0.25) is 0 Å². The summed E-state index contributed by atoms with van der Waals surface area (Å²) in [6.45, 7) is 9.56. The third kappa shape index (κ3) is 4.11. The fraction of sp³-hybridized carbons (Fsp3) is 0.391. The van der Waals surface area contributed by atoms with Crippen molar-refractivity contribution in [2.24, 2.45) is 0 Å². The maximum absolute atomic E-state index is 13.3. The molecule has 6 heteroatoms. The summed E-state index contributed by atoms with van der Waals surface area (Å²) in [5.74, 6) is -0.940. The molecule has 0 saturated heterocycles. The molecule has 0 aliphatic carbocycles. The number of halogens is 1. The minimum absolute atomic E-state index is 0.0283. The molecule has 2 aromatic rings. The van der Waals surface area contributed by atoms with E-state index in [1.54, 1.807) is 30.0 Å². The molecule has 1 aliphatic rings. The van der Waals surface area contributed by atoms with Crippen LogP contribution in [0.3, 0.4) is 0 Å². The molecule has 0 aromatic heterocycles. The van der Waals surface area contributed by atoms with E-state index in [4.69, 9.17) is 0 Å². The van der Waals surface area contributed by atoms with E-state index in [1.165, 1.54) is 18.2 Å². The molecule has 154 valence electrons. The number of nitrogens with zero attached hydrogens (tertiary/aromatic N) is 1. The van der Waals surface area contributed by atoms with Crippen molar-refractivity contribution >= 4 is 11.8 Å². The summed E-state index contributed by atoms with van der Waals surface area (Å²) >= 11 is 0. The van der Waals surface area contributed by atoms with Gasteiger partial charge in [0.25, 0.3) is 5.91 Å². The Balaban J connectivity index is 1.99. The Morgan fingerprint density at radius 1 is 1.21 bits per heavy atom. The van der Waals surface area contributed by atoms with Gasteiger partial charge >= 0.3 is 0 Å². The van der Waals surface area contributed by atoms with E-state index in [0.717, 1.165) is 5.56 Å². The molecule has 0 saturated carbocycles. The number of fused-ring (bicyclic) bond motifs is 1. The van der Waals surface area contributed by atoms with E-state index in [-0.39, 0.29) is 29.3 Å². The maximum atomic E-state index is 13.3. The van der Waals surface area contributed by atoms with Gasteiger partial charge in [-0.15, -0.1) is 0 Å². The normalized spacial score (nSPS) is 17.2. The summed E-state index contributed by atoms with van der Waals surface area (Å²) in [7, 11) is 0. The summed E-state index contributed by atoms with van der Waals surface area (Å²) in [4.78, 5) is 27.9. The quantitative estimate of drug-likeness (QED) is 0.816. The van der Waals surface area contributed by atoms with Crippen LogP contribution in [0.5, 0.6) is 5.75 Å². The van der Waals surface area contributed by atoms with Gasteiger partial charge < -0.3 is 15.3 Å². The number of carbonyl (C=O) groups excluding carboxylic acids is 2. The number of hydrogen-bond donors (Lipinski definition) is 2. The van der Waals surface area contributed by atoms with Crippen LogP contribution in [0.1, 0.15) is 66.7 Å². The van der Waals surface area contributed by atoms with Crippen molar-refractivity contribution in [3.05, 3.63) is 64.5 Å². The van der Waals surface area contributed by atoms with Gasteiger partial charge in [-0.05, 0) is 62.9 Å². The van der Waals surface area contributed by atoms with Gasteiger partial charge in [0.15, 0.2) is 0 Å². The van der Waals surface area contributed by atoms with E-state index < -0.39 is 11.6 Å². The predicted molar refractivity (Wildman–Crippen MR) is 109 cm³/mol. The Morgan fingerprint density at radius 3 is 2.41 bits per heavy atom. The monoisotopic (exact) mass is 398 g/mol. The predicted octanol–water partition coefficient (Wildman–Crippen LogP) is 4.06. The van der Waals surface area contributed by atoms with Gasteiger partial charge in [-0.3, -0.25) is 9.59 Å². The van der Waals surface area contributed by atoms with Crippen LogP contribution in [-0.4, -0.2) is 33.9 Å². The number of nitrogens with one attached hydrogen (secondary N) is 1. The largest absolute Gasteiger partial charge is 0.508 e. The molecule has 0 spiro atoms. The number of rotatable bonds is 4. The van der Waals surface area contributed by atoms with Gasteiger partial charge in [-0.2, -0.15) is 0 Å². The Kier molecular flexibility index (Phi) is 5.39. The summed E-state index contributed by atoms with van der Waals surface area (Å²) in [6.07, 6.45) is 0. The highest BCUT2D eigenvalue weighted by molar-refractivity contribution is 6.06. The number of amides is 2. The smallest absolute Gasteiger partial charge is 0.255 e. The van der Waals surface area contributed by atoms with Gasteiger partial charge in [-0.25, -0.2) is 4.39 Å². The van der Waals surface area contributed by atoms with Crippen molar-refractivity contribution in [1.29, 1.82) is 0 Å². The maximum Gasteiger partial charge on any atom is 0.255 e. The zero-order chi connectivity index (χ0) is 21.5. The lowest BCUT2D eigenvalue weighted by molar-refractivity contribution is -0.127. The standard InChI is InChI=1S/C23H27FN2O3/c1-13(15-6-8-16(24)9-7-15)12-26-20(21(28)25-23(3,4)5)17-10-11-18(27)14(2)19(17)22(26)29/h6-11,13,20,27H,12H2,1-5H3,(H,25,28). The third-order valence-electron chi connectivity index (χ3n) is 5.21. The van der Waals surface area contributed by atoms with Crippen LogP contribution < -0.4 is 5.32 Å². The fourth-order valence-electron chi connectivity index (χ4n) is 3.76. The molecule has 3 rings (SSSR count). The average Bonchev–Trinajstić information content (AvgIpc) is 2.90. The lowest BCUT2D eigenvalue weighted by Crippen LogP contribution is -2.47. The molecule has 0 radical (unpaired) electrons. The summed E-state index contributed by atoms with van der Waals surface area (Å²) in [6, 6.07) is 8.54. The first-order chi connectivity index (χ1) is 13.5. The van der Waals surface area contributed by atoms with Crippen LogP contribution in [0.4, 0.5) is 4.39 Å². The minimum atomic E-state index is -0.779. The van der Waals surface area contributed by atoms with Gasteiger partial charge in [0.1, 0.15) is 17.6 Å². The highest BCUT2D eigenvalue weighted by Gasteiger charge is 2.43. The molecule has 2 aromatic carbocycles. The Labute approximate surface area is 170 Å². The molecule has 5 nitrogen and oxygen atoms in total. The SMILES string of the molecule is Cc1c(O)ccc2c1C(=O)N(CC(C)c1ccc(F)cc1)C2C(=O)NC(C)(C)C. The molecular weight excluding hydrogens is 371 g/mol. The number of carbonyl (C=O) groups is 2. The first kappa shape index (κ1) is 20.8. The third-order valence-corrected chi connectivity index (χ3v) is 5.21. The number of hydrogen-bond acceptors (Lipinski definition) is 3. The lowest BCUT2D eigenvalue weighted by atomic mass is 9.97. The van der Waals surface area contributed by atoms with Gasteiger partial charge in [0.2, 0.25) is 5.91 Å². The number of aromatic hydroxyl groups is 1. The molecule has 0 fully saturated rings. The molecule has 2 N–H and O–H groups in total. The second-order valence-electron chi connectivity index (χ2n) is 8.73. The van der Waals surface area contributed by atoms with Crippen molar-refractivity contribution in [3.8, 4) is 5.75 Å². The lowest BCUT2D eigenvalue weighted by Gasteiger charge is -2.30. The summed E-state index contributed by atoms with van der Waals surface area (Å²) < 4.78 is 13.3. The second-order valence-corrected chi connectivity index (χ2v) is 8.73. The first-order valence-electron chi connectivity index (χ1n) is 9.70. The molecular formula is C23H27FN2O3. The van der Waals surface area contributed by atoms with Crippen molar-refractivity contribution < 1.29 is 19.1 Å². The van der Waals surface area contributed by atoms with Crippen molar-refractivity contribution in [1.82, 2.24) is 10.2 Å². The first-order valence-corrected chi connectivity index (χ1v) is 9.70. The highest BCUT2D eigenvalue weighted by atomic mass is 19.1. The van der Waals surface area contributed by atoms with Crippen molar-refractivity contribution in [3.63, 3.8) is 0 Å². The minimum Gasteiger partial charge on any atom is -0.508 e. The molecule has 0 bridgehead atoms. The second kappa shape index (κ2) is 7.50. The van der Waals surface area contributed by atoms with Gasteiger partial charge in [0.05, 0.1) is 5.56 Å². The van der Waals surface area contributed by atoms with E-state index in [1.807, 2.05) is 27.7 Å². The topological polar surface area (TPSA) is 69.6 Å². The molecule has 2 amide bonds.